The van der Waals surface area contributed by atoms with E-state index in [1.807, 2.05) is 24.3 Å². The molecular weight excluding hydrogens is 291 g/mol. The predicted molar refractivity (Wildman–Crippen MR) is 94.9 cm³/mol. The summed E-state index contributed by atoms with van der Waals surface area (Å²) in [4.78, 5) is 0. The zero-order valence-corrected chi connectivity index (χ0v) is 14.6. The number of benzene rings is 2. The third kappa shape index (κ3) is 5.69. The van der Waals surface area contributed by atoms with Crippen molar-refractivity contribution in [1.29, 1.82) is 0 Å². The lowest BCUT2D eigenvalue weighted by Crippen LogP contribution is -2.00. The lowest BCUT2D eigenvalue weighted by Gasteiger charge is -2.19. The standard InChI is InChI=1S/C19H25O2P/c1-4-5-6-15-22(20-18-11-7-16(2)8-12-18)21-19-13-9-17(3)10-14-19/h7-14H,4-6,15H2,1-3H3. The van der Waals surface area contributed by atoms with Gasteiger partial charge < -0.3 is 9.05 Å². The van der Waals surface area contributed by atoms with Gasteiger partial charge in [-0.25, -0.2) is 0 Å². The van der Waals surface area contributed by atoms with E-state index in [4.69, 9.17) is 9.05 Å². The zero-order chi connectivity index (χ0) is 15.8. The number of unbranched alkanes of at least 4 members (excludes halogenated alkanes) is 2. The van der Waals surface area contributed by atoms with E-state index in [0.717, 1.165) is 24.1 Å². The Balaban J connectivity index is 2.01. The van der Waals surface area contributed by atoms with Gasteiger partial charge in [-0.3, -0.25) is 0 Å². The molecule has 0 aliphatic heterocycles. The molecular formula is C19H25O2P. The minimum Gasteiger partial charge on any atom is -0.439 e. The maximum Gasteiger partial charge on any atom is 0.290 e. The summed E-state index contributed by atoms with van der Waals surface area (Å²) in [6, 6.07) is 16.3. The van der Waals surface area contributed by atoms with Gasteiger partial charge in [0.15, 0.2) is 0 Å². The summed E-state index contributed by atoms with van der Waals surface area (Å²) in [5, 5.41) is 0. The molecule has 0 amide bonds. The molecule has 22 heavy (non-hydrogen) atoms. The van der Waals surface area contributed by atoms with Gasteiger partial charge in [0.1, 0.15) is 11.5 Å². The fourth-order valence-corrected chi connectivity index (χ4v) is 3.45. The van der Waals surface area contributed by atoms with Gasteiger partial charge in [-0.2, -0.15) is 0 Å². The van der Waals surface area contributed by atoms with Gasteiger partial charge in [0.2, 0.25) is 0 Å². The van der Waals surface area contributed by atoms with Gasteiger partial charge in [-0.05, 0) is 44.5 Å². The fraction of sp³-hybridized carbons (Fsp3) is 0.368. The van der Waals surface area contributed by atoms with Crippen LogP contribution in [0.4, 0.5) is 0 Å². The molecule has 0 aliphatic rings. The summed E-state index contributed by atoms with van der Waals surface area (Å²) >= 11 is 0. The van der Waals surface area contributed by atoms with Gasteiger partial charge in [0, 0.05) is 6.16 Å². The smallest absolute Gasteiger partial charge is 0.290 e. The first-order valence-electron chi connectivity index (χ1n) is 7.94. The van der Waals surface area contributed by atoms with Crippen molar-refractivity contribution in [3.05, 3.63) is 59.7 Å². The Morgan fingerprint density at radius 2 is 1.18 bits per heavy atom. The van der Waals surface area contributed by atoms with Gasteiger partial charge in [0.25, 0.3) is 8.38 Å². The van der Waals surface area contributed by atoms with Crippen LogP contribution >= 0.6 is 8.38 Å². The number of rotatable bonds is 8. The zero-order valence-electron chi connectivity index (χ0n) is 13.7. The second-order valence-corrected chi connectivity index (χ2v) is 7.05. The Labute approximate surface area is 135 Å². The van der Waals surface area contributed by atoms with Crippen molar-refractivity contribution >= 4 is 8.38 Å². The molecule has 0 bridgehead atoms. The number of hydrogen-bond acceptors (Lipinski definition) is 2. The van der Waals surface area contributed by atoms with Crippen LogP contribution in [0.2, 0.25) is 0 Å². The molecule has 0 spiro atoms. The maximum atomic E-state index is 6.09. The van der Waals surface area contributed by atoms with E-state index in [1.54, 1.807) is 0 Å². The molecule has 3 heteroatoms. The maximum absolute atomic E-state index is 6.09. The summed E-state index contributed by atoms with van der Waals surface area (Å²) in [7, 11) is -0.944. The summed E-state index contributed by atoms with van der Waals surface area (Å²) in [5.41, 5.74) is 2.48. The van der Waals surface area contributed by atoms with Crippen molar-refractivity contribution in [2.75, 3.05) is 6.16 Å². The Kier molecular flexibility index (Phi) is 6.74. The highest BCUT2D eigenvalue weighted by Gasteiger charge is 2.14. The molecule has 2 aromatic rings. The molecule has 0 fully saturated rings. The summed E-state index contributed by atoms with van der Waals surface area (Å²) in [6.45, 7) is 6.37. The monoisotopic (exact) mass is 316 g/mol. The van der Waals surface area contributed by atoms with E-state index in [2.05, 4.69) is 45.0 Å². The van der Waals surface area contributed by atoms with Crippen LogP contribution in [0.15, 0.2) is 48.5 Å². The van der Waals surface area contributed by atoms with Crippen LogP contribution in [0.3, 0.4) is 0 Å². The van der Waals surface area contributed by atoms with Crippen molar-refractivity contribution in [3.8, 4) is 11.5 Å². The normalized spacial score (nSPS) is 10.7. The second-order valence-electron chi connectivity index (χ2n) is 5.57. The topological polar surface area (TPSA) is 18.5 Å². The molecule has 0 unspecified atom stereocenters. The molecule has 2 aromatic carbocycles. The molecule has 2 nitrogen and oxygen atoms in total. The first kappa shape index (κ1) is 16.8. The van der Waals surface area contributed by atoms with Gasteiger partial charge in [-0.1, -0.05) is 55.2 Å². The Hall–Kier alpha value is -1.53. The van der Waals surface area contributed by atoms with E-state index in [1.165, 1.54) is 24.0 Å². The van der Waals surface area contributed by atoms with Crippen LogP contribution in [0.5, 0.6) is 11.5 Å². The average molecular weight is 316 g/mol. The summed E-state index contributed by atoms with van der Waals surface area (Å²) < 4.78 is 12.2. The molecule has 0 saturated heterocycles. The molecule has 0 radical (unpaired) electrons. The van der Waals surface area contributed by atoms with Crippen LogP contribution in [-0.2, 0) is 0 Å². The van der Waals surface area contributed by atoms with Crippen LogP contribution in [-0.4, -0.2) is 6.16 Å². The third-order valence-electron chi connectivity index (χ3n) is 3.40. The van der Waals surface area contributed by atoms with E-state index in [-0.39, 0.29) is 0 Å². The lowest BCUT2D eigenvalue weighted by atomic mass is 10.2. The lowest BCUT2D eigenvalue weighted by molar-refractivity contribution is 0.486. The van der Waals surface area contributed by atoms with E-state index >= 15 is 0 Å². The largest absolute Gasteiger partial charge is 0.439 e. The van der Waals surface area contributed by atoms with Crippen molar-refractivity contribution < 1.29 is 9.05 Å². The SMILES string of the molecule is CCCCCP(Oc1ccc(C)cc1)Oc1ccc(C)cc1. The predicted octanol–water partition coefficient (Wildman–Crippen LogP) is 6.26. The van der Waals surface area contributed by atoms with Crippen LogP contribution < -0.4 is 9.05 Å². The minimum absolute atomic E-state index is 0.889. The molecule has 0 aliphatic carbocycles. The summed E-state index contributed by atoms with van der Waals surface area (Å²) in [5.74, 6) is 1.78. The molecule has 0 N–H and O–H groups in total. The molecule has 0 aromatic heterocycles. The Bertz CT molecular complexity index is 501. The third-order valence-corrected chi connectivity index (χ3v) is 4.91. The molecule has 0 saturated carbocycles. The first-order chi connectivity index (χ1) is 10.7. The highest BCUT2D eigenvalue weighted by molar-refractivity contribution is 7.48. The van der Waals surface area contributed by atoms with E-state index in [9.17, 15) is 0 Å². The Morgan fingerprint density at radius 3 is 1.59 bits per heavy atom. The van der Waals surface area contributed by atoms with Crippen LogP contribution in [0, 0.1) is 13.8 Å². The van der Waals surface area contributed by atoms with Crippen LogP contribution in [0.1, 0.15) is 37.3 Å². The average Bonchev–Trinajstić information content (AvgIpc) is 2.52. The molecule has 118 valence electrons. The van der Waals surface area contributed by atoms with Crippen molar-refractivity contribution in [1.82, 2.24) is 0 Å². The number of hydrogen-bond donors (Lipinski definition) is 0. The van der Waals surface area contributed by atoms with E-state index in [0.29, 0.717) is 0 Å². The first-order valence-corrected chi connectivity index (χ1v) is 9.30. The number of aryl methyl sites for hydroxylation is 2. The van der Waals surface area contributed by atoms with Gasteiger partial charge in [0.05, 0.1) is 0 Å². The van der Waals surface area contributed by atoms with Gasteiger partial charge in [-0.15, -0.1) is 0 Å². The molecule has 0 atom stereocenters. The highest BCUT2D eigenvalue weighted by Crippen LogP contribution is 2.41. The van der Waals surface area contributed by atoms with Gasteiger partial charge >= 0.3 is 0 Å². The molecule has 2 rings (SSSR count). The van der Waals surface area contributed by atoms with Crippen LogP contribution in [0.25, 0.3) is 0 Å². The second kappa shape index (κ2) is 8.80. The minimum atomic E-state index is -0.944. The molecule has 0 heterocycles. The fourth-order valence-electron chi connectivity index (χ4n) is 2.03. The quantitative estimate of drug-likeness (QED) is 0.422. The Morgan fingerprint density at radius 1 is 0.727 bits per heavy atom. The van der Waals surface area contributed by atoms with Crippen molar-refractivity contribution in [3.63, 3.8) is 0 Å². The summed E-state index contributed by atoms with van der Waals surface area (Å²) in [6.07, 6.45) is 4.52. The van der Waals surface area contributed by atoms with Crippen molar-refractivity contribution in [2.45, 2.75) is 40.0 Å². The van der Waals surface area contributed by atoms with Crippen molar-refractivity contribution in [2.24, 2.45) is 0 Å². The van der Waals surface area contributed by atoms with E-state index < -0.39 is 8.38 Å². The highest BCUT2D eigenvalue weighted by atomic mass is 31.2.